The molecule has 33 heavy (non-hydrogen) atoms. The largest absolute Gasteiger partial charge is 0.508 e. The summed E-state index contributed by atoms with van der Waals surface area (Å²) in [4.78, 5) is 13.3. The molecule has 1 fully saturated rings. The number of fused-ring (bicyclic) bond motifs is 1. The summed E-state index contributed by atoms with van der Waals surface area (Å²) in [5, 5.41) is 79.1. The highest BCUT2D eigenvalue weighted by Crippen LogP contribution is 2.39. The molecule has 5 atom stereocenters. The van der Waals surface area contributed by atoms with Crippen LogP contribution in [0.1, 0.15) is 0 Å². The van der Waals surface area contributed by atoms with E-state index in [1.807, 2.05) is 0 Å². The highest BCUT2D eigenvalue weighted by molar-refractivity contribution is 5.88. The molecular formula is C21H20O12. The fraction of sp³-hybridized carbons (Fsp3) is 0.286. The van der Waals surface area contributed by atoms with E-state index in [1.54, 1.807) is 0 Å². The Labute approximate surface area is 184 Å². The lowest BCUT2D eigenvalue weighted by Crippen LogP contribution is -2.60. The molecule has 0 aliphatic carbocycles. The van der Waals surface area contributed by atoms with Crippen molar-refractivity contribution >= 4 is 11.0 Å². The predicted octanol–water partition coefficient (Wildman–Crippen LogP) is -0.539. The second-order valence-corrected chi connectivity index (χ2v) is 7.44. The molecule has 2 heterocycles. The van der Waals surface area contributed by atoms with Crippen LogP contribution in [0, 0.1) is 0 Å². The van der Waals surface area contributed by atoms with Gasteiger partial charge in [0, 0.05) is 17.7 Å². The van der Waals surface area contributed by atoms with Gasteiger partial charge in [0.05, 0.1) is 6.61 Å². The van der Waals surface area contributed by atoms with Gasteiger partial charge in [0.2, 0.25) is 11.2 Å². The van der Waals surface area contributed by atoms with Crippen LogP contribution in [0.3, 0.4) is 0 Å². The Bertz CT molecular complexity index is 1250. The fourth-order valence-electron chi connectivity index (χ4n) is 3.57. The van der Waals surface area contributed by atoms with Crippen LogP contribution in [0.2, 0.25) is 0 Å². The van der Waals surface area contributed by atoms with Gasteiger partial charge < -0.3 is 54.7 Å². The van der Waals surface area contributed by atoms with Gasteiger partial charge in [-0.05, 0) is 18.2 Å². The van der Waals surface area contributed by atoms with E-state index in [-0.39, 0.29) is 16.9 Å². The molecule has 1 aliphatic rings. The summed E-state index contributed by atoms with van der Waals surface area (Å²) in [6, 6.07) is 5.34. The Kier molecular flexibility index (Phi) is 5.78. The molecule has 0 unspecified atom stereocenters. The van der Waals surface area contributed by atoms with E-state index >= 15 is 0 Å². The Balaban J connectivity index is 1.94. The Morgan fingerprint density at radius 3 is 2.30 bits per heavy atom. The molecular weight excluding hydrogens is 444 g/mol. The molecule has 12 heteroatoms. The highest BCUT2D eigenvalue weighted by atomic mass is 16.6. The molecule has 1 saturated heterocycles. The summed E-state index contributed by atoms with van der Waals surface area (Å²) >= 11 is 0. The minimum absolute atomic E-state index is 0.0115. The number of hydrogen-bond acceptors (Lipinski definition) is 12. The molecule has 12 nitrogen and oxygen atoms in total. The number of rotatable bonds is 4. The van der Waals surface area contributed by atoms with Crippen LogP contribution >= 0.6 is 0 Å². The number of phenolic OH excluding ortho intramolecular Hbond substituents is 4. The average molecular weight is 464 g/mol. The Morgan fingerprint density at radius 1 is 0.909 bits per heavy atom. The third kappa shape index (κ3) is 3.90. The second kappa shape index (κ2) is 8.42. The summed E-state index contributed by atoms with van der Waals surface area (Å²) in [6.07, 6.45) is -8.46. The van der Waals surface area contributed by atoms with E-state index in [4.69, 9.17) is 13.9 Å². The number of ether oxygens (including phenoxy) is 2. The lowest BCUT2D eigenvalue weighted by Gasteiger charge is -2.39. The Morgan fingerprint density at radius 2 is 1.64 bits per heavy atom. The van der Waals surface area contributed by atoms with E-state index < -0.39 is 76.9 Å². The molecule has 1 aliphatic heterocycles. The molecule has 0 radical (unpaired) electrons. The normalized spacial score (nSPS) is 25.3. The number of aromatic hydroxyl groups is 4. The van der Waals surface area contributed by atoms with Crippen LogP contribution in [-0.2, 0) is 4.74 Å². The average Bonchev–Trinajstić information content (AvgIpc) is 2.76. The summed E-state index contributed by atoms with van der Waals surface area (Å²) in [6.45, 7) is -0.740. The predicted molar refractivity (Wildman–Crippen MR) is 109 cm³/mol. The van der Waals surface area contributed by atoms with Crippen molar-refractivity contribution in [2.75, 3.05) is 6.61 Å². The first-order chi connectivity index (χ1) is 15.6. The standard InChI is InChI=1S/C21H20O12/c22-6-13-15(27)19(17(29)21(30)32-13)33-20-16(28)14-11(26)4-8(23)5-12(14)31-18(20)7-1-2-9(24)10(25)3-7/h1-5,13,15,17,19,21-27,29-30H,6H2/t13-,15+,17-,19-,21+/m0/s1. The quantitative estimate of drug-likeness (QED) is 0.229. The number of hydrogen-bond donors (Lipinski definition) is 8. The van der Waals surface area contributed by atoms with Crippen molar-refractivity contribution in [3.63, 3.8) is 0 Å². The molecule has 0 bridgehead atoms. The van der Waals surface area contributed by atoms with Crippen molar-refractivity contribution in [2.45, 2.75) is 30.7 Å². The van der Waals surface area contributed by atoms with Gasteiger partial charge in [-0.3, -0.25) is 4.79 Å². The van der Waals surface area contributed by atoms with Crippen molar-refractivity contribution in [1.82, 2.24) is 0 Å². The van der Waals surface area contributed by atoms with E-state index in [2.05, 4.69) is 0 Å². The summed E-state index contributed by atoms with van der Waals surface area (Å²) in [5.41, 5.74) is -1.22. The molecule has 8 N–H and O–H groups in total. The van der Waals surface area contributed by atoms with Crippen LogP contribution < -0.4 is 10.2 Å². The van der Waals surface area contributed by atoms with Crippen molar-refractivity contribution in [3.05, 3.63) is 40.6 Å². The van der Waals surface area contributed by atoms with Gasteiger partial charge in [0.25, 0.3) is 0 Å². The van der Waals surface area contributed by atoms with Gasteiger partial charge in [-0.2, -0.15) is 0 Å². The fourth-order valence-corrected chi connectivity index (χ4v) is 3.57. The van der Waals surface area contributed by atoms with Crippen LogP contribution in [0.15, 0.2) is 39.5 Å². The maximum absolute atomic E-state index is 13.3. The molecule has 176 valence electrons. The number of phenols is 4. The van der Waals surface area contributed by atoms with Gasteiger partial charge in [0.15, 0.2) is 29.7 Å². The van der Waals surface area contributed by atoms with Crippen molar-refractivity contribution in [2.24, 2.45) is 0 Å². The van der Waals surface area contributed by atoms with Crippen LogP contribution in [0.5, 0.6) is 28.7 Å². The van der Waals surface area contributed by atoms with Crippen LogP contribution in [0.4, 0.5) is 0 Å². The topological polar surface area (TPSA) is 211 Å². The number of aliphatic hydroxyl groups is 4. The summed E-state index contributed by atoms with van der Waals surface area (Å²) < 4.78 is 16.2. The van der Waals surface area contributed by atoms with E-state index in [0.29, 0.717) is 0 Å². The van der Waals surface area contributed by atoms with E-state index in [1.165, 1.54) is 6.07 Å². The third-order valence-electron chi connectivity index (χ3n) is 5.25. The molecule has 0 amide bonds. The zero-order valence-corrected chi connectivity index (χ0v) is 16.7. The van der Waals surface area contributed by atoms with Crippen molar-refractivity contribution < 1.29 is 54.7 Å². The molecule has 2 aromatic carbocycles. The van der Waals surface area contributed by atoms with Crippen LogP contribution in [0.25, 0.3) is 22.3 Å². The lowest BCUT2D eigenvalue weighted by molar-refractivity contribution is -0.282. The van der Waals surface area contributed by atoms with Crippen molar-refractivity contribution in [1.29, 1.82) is 0 Å². The lowest BCUT2D eigenvalue weighted by atomic mass is 9.98. The molecule has 3 aromatic rings. The SMILES string of the molecule is O=c1c(O[C@@H]2[C@H](O)[C@H](O)O[C@@H](CO)[C@H]2O)c(-c2ccc(O)c(O)c2)oc2cc(O)cc(O)c12. The molecule has 0 saturated carbocycles. The highest BCUT2D eigenvalue weighted by Gasteiger charge is 2.46. The van der Waals surface area contributed by atoms with Gasteiger partial charge >= 0.3 is 0 Å². The maximum Gasteiger partial charge on any atom is 0.239 e. The molecule has 1 aromatic heterocycles. The summed E-state index contributed by atoms with van der Waals surface area (Å²) in [7, 11) is 0. The zero-order chi connectivity index (χ0) is 24.0. The van der Waals surface area contributed by atoms with Gasteiger partial charge in [-0.1, -0.05) is 0 Å². The molecule has 0 spiro atoms. The first-order valence-electron chi connectivity index (χ1n) is 9.64. The van der Waals surface area contributed by atoms with Crippen molar-refractivity contribution in [3.8, 4) is 40.1 Å². The minimum Gasteiger partial charge on any atom is -0.508 e. The maximum atomic E-state index is 13.3. The molecule has 4 rings (SSSR count). The first-order valence-corrected chi connectivity index (χ1v) is 9.64. The number of aliphatic hydroxyl groups excluding tert-OH is 4. The monoisotopic (exact) mass is 464 g/mol. The van der Waals surface area contributed by atoms with Gasteiger partial charge in [-0.25, -0.2) is 0 Å². The van der Waals surface area contributed by atoms with Gasteiger partial charge in [-0.15, -0.1) is 0 Å². The smallest absolute Gasteiger partial charge is 0.239 e. The van der Waals surface area contributed by atoms with E-state index in [9.17, 15) is 45.6 Å². The van der Waals surface area contributed by atoms with E-state index in [0.717, 1.165) is 24.3 Å². The van der Waals surface area contributed by atoms with Crippen LogP contribution in [-0.4, -0.2) is 78.2 Å². The zero-order valence-electron chi connectivity index (χ0n) is 16.7. The minimum atomic E-state index is -1.87. The summed E-state index contributed by atoms with van der Waals surface area (Å²) in [5.74, 6) is -3.09. The Hall–Kier alpha value is -3.55. The first kappa shape index (κ1) is 22.6. The van der Waals surface area contributed by atoms with Gasteiger partial charge in [0.1, 0.15) is 40.8 Å². The second-order valence-electron chi connectivity index (χ2n) is 7.44. The third-order valence-corrected chi connectivity index (χ3v) is 5.25. The number of benzene rings is 2.